The van der Waals surface area contributed by atoms with E-state index in [1.807, 2.05) is 34.7 Å². The summed E-state index contributed by atoms with van der Waals surface area (Å²) >= 11 is 6.69. The van der Waals surface area contributed by atoms with E-state index < -0.39 is 0 Å². The van der Waals surface area contributed by atoms with E-state index in [1.54, 1.807) is 36.4 Å². The molecule has 1 aromatic carbocycles. The van der Waals surface area contributed by atoms with Crippen molar-refractivity contribution in [1.29, 1.82) is 0 Å². The molecule has 4 heterocycles. The van der Waals surface area contributed by atoms with Crippen molar-refractivity contribution in [3.63, 3.8) is 0 Å². The number of carbonyl (C=O) groups is 1. The first-order valence-corrected chi connectivity index (χ1v) is 11.7. The number of hydrogen-bond acceptors (Lipinski definition) is 6. The van der Waals surface area contributed by atoms with Crippen LogP contribution in [0.15, 0.2) is 54.9 Å². The number of hydrogen-bond donors (Lipinski definition) is 1. The molecule has 0 bridgehead atoms. The Kier molecular flexibility index (Phi) is 6.25. The summed E-state index contributed by atoms with van der Waals surface area (Å²) in [5, 5.41) is 0.457. The number of benzene rings is 1. The highest BCUT2D eigenvalue weighted by atomic mass is 35.5. The molecular formula is C26H23ClN6O2. The third-order valence-corrected chi connectivity index (χ3v) is 6.29. The predicted molar refractivity (Wildman–Crippen MR) is 134 cm³/mol. The van der Waals surface area contributed by atoms with E-state index in [-0.39, 0.29) is 11.8 Å². The number of nitrogens with two attached hydrogens (primary N) is 1. The lowest BCUT2D eigenvalue weighted by molar-refractivity contribution is -0.126. The minimum Gasteiger partial charge on any atom is -0.439 e. The SMILES string of the molecule is CC#CC(=O)N1CCCC(c2nc(-c3ccc(Oc4ccccn4)cc3Cl)n3c(N)nccc23)C1. The monoisotopic (exact) mass is 486 g/mol. The number of nitrogen functional groups attached to an aromatic ring is 1. The van der Waals surface area contributed by atoms with Gasteiger partial charge >= 0.3 is 0 Å². The fraction of sp³-hybridized carbons (Fsp3) is 0.231. The zero-order valence-electron chi connectivity index (χ0n) is 19.1. The summed E-state index contributed by atoms with van der Waals surface area (Å²) in [4.78, 5) is 27.6. The molecule has 9 heteroatoms. The minimum absolute atomic E-state index is 0.0439. The van der Waals surface area contributed by atoms with Crippen LogP contribution in [0.2, 0.25) is 5.02 Å². The third kappa shape index (κ3) is 4.51. The highest BCUT2D eigenvalue weighted by Crippen LogP contribution is 2.37. The molecule has 0 saturated carbocycles. The van der Waals surface area contributed by atoms with Crippen molar-refractivity contribution in [3.8, 4) is 34.9 Å². The predicted octanol–water partition coefficient (Wildman–Crippen LogP) is 4.55. The zero-order valence-corrected chi connectivity index (χ0v) is 19.9. The van der Waals surface area contributed by atoms with E-state index >= 15 is 0 Å². The molecule has 1 fully saturated rings. The van der Waals surface area contributed by atoms with Crippen molar-refractivity contribution in [2.75, 3.05) is 18.8 Å². The van der Waals surface area contributed by atoms with Crippen LogP contribution >= 0.6 is 11.6 Å². The van der Waals surface area contributed by atoms with Gasteiger partial charge in [-0.25, -0.2) is 15.0 Å². The summed E-state index contributed by atoms with van der Waals surface area (Å²) < 4.78 is 7.62. The maximum atomic E-state index is 12.4. The molecule has 1 unspecified atom stereocenters. The Morgan fingerprint density at radius 1 is 1.20 bits per heavy atom. The topological polar surface area (TPSA) is 98.6 Å². The second-order valence-electron chi connectivity index (χ2n) is 8.22. The Morgan fingerprint density at radius 2 is 2.09 bits per heavy atom. The zero-order chi connectivity index (χ0) is 24.4. The molecule has 1 atom stereocenters. The van der Waals surface area contributed by atoms with Crippen LogP contribution in [0.5, 0.6) is 11.6 Å². The molecular weight excluding hydrogens is 464 g/mol. The Hall–Kier alpha value is -4.09. The number of imidazole rings is 1. The van der Waals surface area contributed by atoms with Gasteiger partial charge in [0.05, 0.1) is 16.2 Å². The Bertz CT molecular complexity index is 1460. The largest absolute Gasteiger partial charge is 0.439 e. The molecule has 1 aliphatic rings. The molecule has 0 aliphatic carbocycles. The van der Waals surface area contributed by atoms with Gasteiger partial charge in [0.2, 0.25) is 11.8 Å². The van der Waals surface area contributed by atoms with E-state index in [2.05, 4.69) is 21.8 Å². The van der Waals surface area contributed by atoms with Gasteiger partial charge in [0.1, 0.15) is 11.6 Å². The van der Waals surface area contributed by atoms with Crippen LogP contribution in [0, 0.1) is 11.8 Å². The number of aromatic nitrogens is 4. The normalized spacial score (nSPS) is 15.5. The van der Waals surface area contributed by atoms with E-state index in [0.29, 0.717) is 47.1 Å². The van der Waals surface area contributed by atoms with E-state index in [4.69, 9.17) is 27.1 Å². The van der Waals surface area contributed by atoms with Gasteiger partial charge in [-0.2, -0.15) is 0 Å². The van der Waals surface area contributed by atoms with Gasteiger partial charge in [-0.3, -0.25) is 9.20 Å². The van der Waals surface area contributed by atoms with Crippen molar-refractivity contribution in [3.05, 3.63) is 65.6 Å². The van der Waals surface area contributed by atoms with Crippen LogP contribution in [-0.4, -0.2) is 43.2 Å². The second kappa shape index (κ2) is 9.65. The van der Waals surface area contributed by atoms with Crippen molar-refractivity contribution in [2.24, 2.45) is 0 Å². The third-order valence-electron chi connectivity index (χ3n) is 5.98. The van der Waals surface area contributed by atoms with Gasteiger partial charge in [-0.1, -0.05) is 23.6 Å². The number of rotatable bonds is 4. The van der Waals surface area contributed by atoms with Crippen molar-refractivity contribution >= 4 is 29.0 Å². The van der Waals surface area contributed by atoms with Gasteiger partial charge in [0.25, 0.3) is 5.91 Å². The number of nitrogens with zero attached hydrogens (tertiary/aromatic N) is 5. The van der Waals surface area contributed by atoms with Crippen LogP contribution in [-0.2, 0) is 4.79 Å². The molecule has 1 aliphatic heterocycles. The molecule has 0 radical (unpaired) electrons. The molecule has 176 valence electrons. The van der Waals surface area contributed by atoms with Gasteiger partial charge < -0.3 is 15.4 Å². The van der Waals surface area contributed by atoms with Crippen LogP contribution in [0.1, 0.15) is 31.4 Å². The number of ether oxygens (including phenoxy) is 1. The average molecular weight is 487 g/mol. The van der Waals surface area contributed by atoms with Gasteiger partial charge in [-0.15, -0.1) is 0 Å². The van der Waals surface area contributed by atoms with Crippen molar-refractivity contribution in [2.45, 2.75) is 25.7 Å². The highest BCUT2D eigenvalue weighted by Gasteiger charge is 2.29. The first kappa shape index (κ1) is 22.7. The Labute approximate surface area is 207 Å². The number of amides is 1. The van der Waals surface area contributed by atoms with Crippen LogP contribution < -0.4 is 10.5 Å². The molecule has 1 saturated heterocycles. The lowest BCUT2D eigenvalue weighted by Crippen LogP contribution is -2.38. The lowest BCUT2D eigenvalue weighted by atomic mass is 9.94. The molecule has 0 spiro atoms. The first-order valence-electron chi connectivity index (χ1n) is 11.3. The van der Waals surface area contributed by atoms with E-state index in [1.165, 1.54) is 0 Å². The number of piperidine rings is 1. The fourth-order valence-corrected chi connectivity index (χ4v) is 4.66. The van der Waals surface area contributed by atoms with Gasteiger partial charge in [0, 0.05) is 49.1 Å². The Balaban J connectivity index is 1.53. The molecule has 8 nitrogen and oxygen atoms in total. The van der Waals surface area contributed by atoms with E-state index in [0.717, 1.165) is 24.1 Å². The van der Waals surface area contributed by atoms with Crippen LogP contribution in [0.25, 0.3) is 16.9 Å². The summed E-state index contributed by atoms with van der Waals surface area (Å²) in [5.74, 6) is 7.15. The number of carbonyl (C=O) groups excluding carboxylic acids is 1. The second-order valence-corrected chi connectivity index (χ2v) is 8.63. The number of anilines is 1. The average Bonchev–Trinajstić information content (AvgIpc) is 3.26. The molecule has 2 N–H and O–H groups in total. The van der Waals surface area contributed by atoms with Gasteiger partial charge in [-0.05, 0) is 50.0 Å². The Morgan fingerprint density at radius 3 is 2.86 bits per heavy atom. The first-order chi connectivity index (χ1) is 17.0. The smallest absolute Gasteiger partial charge is 0.298 e. The molecule has 5 rings (SSSR count). The van der Waals surface area contributed by atoms with Crippen LogP contribution in [0.3, 0.4) is 0 Å². The lowest BCUT2D eigenvalue weighted by Gasteiger charge is -2.30. The number of halogens is 1. The molecule has 3 aromatic heterocycles. The number of pyridine rings is 1. The molecule has 4 aromatic rings. The molecule has 1 amide bonds. The summed E-state index contributed by atoms with van der Waals surface area (Å²) in [7, 11) is 0. The molecule has 35 heavy (non-hydrogen) atoms. The van der Waals surface area contributed by atoms with E-state index in [9.17, 15) is 4.79 Å². The summed E-state index contributed by atoms with van der Waals surface area (Å²) in [6.07, 6.45) is 5.10. The van der Waals surface area contributed by atoms with Crippen molar-refractivity contribution < 1.29 is 9.53 Å². The summed E-state index contributed by atoms with van der Waals surface area (Å²) in [5.41, 5.74) is 8.69. The van der Waals surface area contributed by atoms with Crippen LogP contribution in [0.4, 0.5) is 5.95 Å². The quantitative estimate of drug-likeness (QED) is 0.425. The summed E-state index contributed by atoms with van der Waals surface area (Å²) in [6, 6.07) is 12.7. The minimum atomic E-state index is -0.159. The fourth-order valence-electron chi connectivity index (χ4n) is 4.40. The summed E-state index contributed by atoms with van der Waals surface area (Å²) in [6.45, 7) is 2.91. The standard InChI is InChI=1S/C26H23ClN6O2/c1-2-6-23(34)32-14-5-7-17(16-32)24-21-11-13-30-26(28)33(21)25(31-24)19-10-9-18(15-20(19)27)35-22-8-3-4-12-29-22/h3-4,8-13,15,17H,5,7,14,16H2,1H3,(H2,28,30). The van der Waals surface area contributed by atoms with Gasteiger partial charge in [0.15, 0.2) is 0 Å². The highest BCUT2D eigenvalue weighted by molar-refractivity contribution is 6.33. The maximum absolute atomic E-state index is 12.4. The number of fused-ring (bicyclic) bond motifs is 1. The number of likely N-dealkylation sites (tertiary alicyclic amines) is 1. The maximum Gasteiger partial charge on any atom is 0.298 e. The van der Waals surface area contributed by atoms with Crippen molar-refractivity contribution in [1.82, 2.24) is 24.3 Å².